The molecular weight excluding hydrogens is 446 g/mol. The molecule has 0 amide bonds. The Morgan fingerprint density at radius 1 is 0.941 bits per heavy atom. The molecule has 0 aliphatic carbocycles. The number of nitrogens with zero attached hydrogens (tertiary/aromatic N) is 2. The molecule has 0 spiro atoms. The summed E-state index contributed by atoms with van der Waals surface area (Å²) in [5, 5.41) is 9.68. The normalized spacial score (nSPS) is 11.2. The molecule has 0 radical (unpaired) electrons. The van der Waals surface area contributed by atoms with Crippen LogP contribution >= 0.6 is 11.3 Å². The number of carbonyl (C=O) groups excluding carboxylic acids is 1. The van der Waals surface area contributed by atoms with Crippen molar-refractivity contribution in [3.05, 3.63) is 126 Å². The Morgan fingerprint density at radius 2 is 1.47 bits per heavy atom. The number of carbonyl (C=O) groups is 1. The maximum absolute atomic E-state index is 11.5. The van der Waals surface area contributed by atoms with Crippen molar-refractivity contribution in [2.45, 2.75) is 5.54 Å². The van der Waals surface area contributed by atoms with Crippen molar-refractivity contribution < 1.29 is 14.4 Å². The average Bonchev–Trinajstić information content (AvgIpc) is 3.34. The van der Waals surface area contributed by atoms with E-state index in [0.29, 0.717) is 5.13 Å². The predicted molar refractivity (Wildman–Crippen MR) is 135 cm³/mol. The summed E-state index contributed by atoms with van der Waals surface area (Å²) in [6, 6.07) is 30.7. The van der Waals surface area contributed by atoms with Crippen LogP contribution in [-0.2, 0) is 15.1 Å². The van der Waals surface area contributed by atoms with E-state index in [1.165, 1.54) is 17.4 Å². The van der Waals surface area contributed by atoms with Gasteiger partial charge in [-0.25, -0.2) is 4.79 Å². The second-order valence-corrected chi connectivity index (χ2v) is 8.07. The first-order chi connectivity index (χ1) is 16.7. The molecule has 0 fully saturated rings. The molecule has 170 valence electrons. The Hall–Kier alpha value is -4.23. The van der Waals surface area contributed by atoms with Gasteiger partial charge in [0.1, 0.15) is 12.1 Å². The molecule has 3 aromatic carbocycles. The highest BCUT2D eigenvalue weighted by Crippen LogP contribution is 2.41. The molecule has 0 saturated heterocycles. The number of hydrogen-bond donors (Lipinski definition) is 1. The van der Waals surface area contributed by atoms with Crippen LogP contribution in [0.4, 0.5) is 5.13 Å². The average molecular weight is 470 g/mol. The Morgan fingerprint density at radius 3 is 1.97 bits per heavy atom. The van der Waals surface area contributed by atoms with E-state index < -0.39 is 11.5 Å². The molecule has 1 aromatic heterocycles. The minimum absolute atomic E-state index is 0.107. The topological polar surface area (TPSA) is 72.8 Å². The molecule has 7 heteroatoms. The van der Waals surface area contributed by atoms with Crippen LogP contribution < -0.4 is 10.2 Å². The fourth-order valence-electron chi connectivity index (χ4n) is 3.60. The smallest absolute Gasteiger partial charge is 0.353 e. The van der Waals surface area contributed by atoms with Crippen molar-refractivity contribution in [2.24, 2.45) is 5.16 Å². The summed E-state index contributed by atoms with van der Waals surface area (Å²) in [6.45, 7) is 3.60. The number of esters is 1. The van der Waals surface area contributed by atoms with Crippen LogP contribution in [0.15, 0.2) is 114 Å². The van der Waals surface area contributed by atoms with Gasteiger partial charge < -0.3 is 14.9 Å². The number of anilines is 1. The molecule has 0 unspecified atom stereocenters. The predicted octanol–water partition coefficient (Wildman–Crippen LogP) is 5.64. The van der Waals surface area contributed by atoms with E-state index in [9.17, 15) is 4.79 Å². The van der Waals surface area contributed by atoms with Crippen molar-refractivity contribution in [2.75, 3.05) is 11.9 Å². The molecule has 0 aliphatic rings. The first-order valence-corrected chi connectivity index (χ1v) is 11.5. The van der Waals surface area contributed by atoms with Crippen molar-refractivity contribution in [1.29, 1.82) is 0 Å². The van der Waals surface area contributed by atoms with Crippen LogP contribution in [0.25, 0.3) is 0 Å². The quantitative estimate of drug-likeness (QED) is 0.107. The summed E-state index contributed by atoms with van der Waals surface area (Å²) in [7, 11) is 0. The van der Waals surface area contributed by atoms with Crippen LogP contribution in [0.2, 0.25) is 0 Å². The van der Waals surface area contributed by atoms with E-state index in [-0.39, 0.29) is 12.5 Å². The van der Waals surface area contributed by atoms with Gasteiger partial charge in [0.15, 0.2) is 11.3 Å². The van der Waals surface area contributed by atoms with Gasteiger partial charge in [0.25, 0.3) is 5.88 Å². The molecule has 1 N–H and O–H groups in total. The van der Waals surface area contributed by atoms with E-state index >= 15 is 0 Å². The zero-order chi connectivity index (χ0) is 23.6. The van der Waals surface area contributed by atoms with Crippen LogP contribution in [-0.4, -0.2) is 23.8 Å². The highest BCUT2D eigenvalue weighted by molar-refractivity contribution is 7.13. The Balaban J connectivity index is 1.69. The molecule has 1 heterocycles. The lowest BCUT2D eigenvalue weighted by Crippen LogP contribution is -2.38. The van der Waals surface area contributed by atoms with E-state index in [1.54, 1.807) is 5.38 Å². The van der Waals surface area contributed by atoms with Gasteiger partial charge in [-0.1, -0.05) is 109 Å². The van der Waals surface area contributed by atoms with Gasteiger partial charge in [-0.2, -0.15) is 4.98 Å². The molecule has 0 atom stereocenters. The summed E-state index contributed by atoms with van der Waals surface area (Å²) < 4.78 is 4.83. The van der Waals surface area contributed by atoms with Gasteiger partial charge >= 0.3 is 5.97 Å². The first kappa shape index (κ1) is 22.9. The van der Waals surface area contributed by atoms with Crippen molar-refractivity contribution in [3.8, 4) is 5.88 Å². The lowest BCUT2D eigenvalue weighted by molar-refractivity contribution is -0.133. The second kappa shape index (κ2) is 11.1. The molecule has 4 aromatic rings. The summed E-state index contributed by atoms with van der Waals surface area (Å²) in [6.07, 6.45) is 2.43. The largest absolute Gasteiger partial charge is 0.457 e. The number of rotatable bonds is 10. The lowest BCUT2D eigenvalue weighted by Gasteiger charge is -2.36. The summed E-state index contributed by atoms with van der Waals surface area (Å²) >= 11 is 1.38. The molecular formula is C27H23N3O3S. The highest BCUT2D eigenvalue weighted by Gasteiger charge is 2.37. The summed E-state index contributed by atoms with van der Waals surface area (Å²) in [5.41, 5.74) is 2.49. The minimum Gasteiger partial charge on any atom is -0.457 e. The Kier molecular flexibility index (Phi) is 7.47. The molecule has 0 saturated carbocycles. The fourth-order valence-corrected chi connectivity index (χ4v) is 4.26. The molecule has 0 bridgehead atoms. The SMILES string of the molecule is C=CCOC(=O)/C=N/Oc1csc(NC(c2ccccc2)(c2ccccc2)c2ccccc2)n1. The van der Waals surface area contributed by atoms with Crippen LogP contribution in [0.1, 0.15) is 16.7 Å². The van der Waals surface area contributed by atoms with Crippen LogP contribution in [0, 0.1) is 0 Å². The first-order valence-electron chi connectivity index (χ1n) is 10.6. The van der Waals surface area contributed by atoms with Gasteiger partial charge in [-0.3, -0.25) is 0 Å². The van der Waals surface area contributed by atoms with Gasteiger partial charge in [0.05, 0.1) is 5.38 Å². The van der Waals surface area contributed by atoms with E-state index in [2.05, 4.69) is 58.4 Å². The van der Waals surface area contributed by atoms with Gasteiger partial charge in [0.2, 0.25) is 0 Å². The van der Waals surface area contributed by atoms with E-state index in [1.807, 2.05) is 54.6 Å². The minimum atomic E-state index is -0.698. The maximum atomic E-state index is 11.5. The van der Waals surface area contributed by atoms with Crippen molar-refractivity contribution >= 4 is 28.7 Å². The number of aromatic nitrogens is 1. The third-order valence-corrected chi connectivity index (χ3v) is 5.78. The standard InChI is InChI=1S/C27H23N3O3S/c1-2-18-32-25(31)19-28-33-24-20-34-26(29-24)30-27(21-12-6-3-7-13-21,22-14-8-4-9-15-22)23-16-10-5-11-17-23/h2-17,19-20H,1,18H2,(H,29,30)/b28-19+. The van der Waals surface area contributed by atoms with Crippen LogP contribution in [0.5, 0.6) is 5.88 Å². The maximum Gasteiger partial charge on any atom is 0.353 e. The number of nitrogens with one attached hydrogen (secondary N) is 1. The third kappa shape index (κ3) is 5.22. The molecule has 34 heavy (non-hydrogen) atoms. The van der Waals surface area contributed by atoms with Crippen molar-refractivity contribution in [1.82, 2.24) is 4.98 Å². The zero-order valence-electron chi connectivity index (χ0n) is 18.3. The summed E-state index contributed by atoms with van der Waals surface area (Å²) in [5.74, 6) is -0.354. The summed E-state index contributed by atoms with van der Waals surface area (Å²) in [4.78, 5) is 21.3. The number of ether oxygens (including phenoxy) is 1. The fraction of sp³-hybridized carbons (Fsp3) is 0.0741. The number of oxime groups is 1. The number of thiazole rings is 1. The van der Waals surface area contributed by atoms with E-state index in [4.69, 9.17) is 9.57 Å². The van der Waals surface area contributed by atoms with E-state index in [0.717, 1.165) is 22.9 Å². The van der Waals surface area contributed by atoms with Gasteiger partial charge in [-0.05, 0) is 16.7 Å². The van der Waals surface area contributed by atoms with Gasteiger partial charge in [-0.15, -0.1) is 11.3 Å². The number of hydrogen-bond acceptors (Lipinski definition) is 7. The molecule has 6 nitrogen and oxygen atoms in total. The lowest BCUT2D eigenvalue weighted by atomic mass is 9.77. The third-order valence-electron chi connectivity index (χ3n) is 5.05. The van der Waals surface area contributed by atoms with Crippen LogP contribution in [0.3, 0.4) is 0 Å². The highest BCUT2D eigenvalue weighted by atomic mass is 32.1. The molecule has 0 aliphatic heterocycles. The molecule has 4 rings (SSSR count). The van der Waals surface area contributed by atoms with Crippen molar-refractivity contribution in [3.63, 3.8) is 0 Å². The monoisotopic (exact) mass is 469 g/mol. The van der Waals surface area contributed by atoms with Gasteiger partial charge in [0, 0.05) is 0 Å². The number of benzene rings is 3. The zero-order valence-corrected chi connectivity index (χ0v) is 19.2. The Bertz CT molecular complexity index is 1150. The second-order valence-electron chi connectivity index (χ2n) is 7.21. The Labute approximate surface area is 202 Å².